The van der Waals surface area contributed by atoms with Crippen molar-refractivity contribution in [3.05, 3.63) is 28.5 Å². The molecule has 0 N–H and O–H groups in total. The second-order valence-electron chi connectivity index (χ2n) is 3.39. The highest BCUT2D eigenvalue weighted by atomic mass is 35.5. The van der Waals surface area contributed by atoms with E-state index in [0.29, 0.717) is 4.90 Å². The quantitative estimate of drug-likeness (QED) is 0.768. The molecule has 3 nitrogen and oxygen atoms in total. The number of rotatable bonds is 2. The summed E-state index contributed by atoms with van der Waals surface area (Å²) in [6.45, 7) is -1.03. The zero-order chi connectivity index (χ0) is 12.7. The van der Waals surface area contributed by atoms with Gasteiger partial charge in [0, 0.05) is 0 Å². The van der Waals surface area contributed by atoms with Crippen molar-refractivity contribution in [1.82, 2.24) is 0 Å². The standard InChI is InChI=1S/C10H5ClF3NO2/c11-4-1-2-5(12)8-7(4)9(16)10(17)15(8)3-6(13)14/h1-2,6H,3H2. The zero-order valence-corrected chi connectivity index (χ0v) is 8.97. The minimum absolute atomic E-state index is 0.128. The number of ketones is 1. The normalized spacial score (nSPS) is 14.8. The topological polar surface area (TPSA) is 37.4 Å². The molecular weight excluding hydrogens is 259 g/mol. The summed E-state index contributed by atoms with van der Waals surface area (Å²) in [5.74, 6) is -3.18. The number of alkyl halides is 2. The number of fused-ring (bicyclic) bond motifs is 1. The lowest BCUT2D eigenvalue weighted by molar-refractivity contribution is -0.114. The first kappa shape index (κ1) is 11.9. The van der Waals surface area contributed by atoms with Crippen LogP contribution in [-0.2, 0) is 4.79 Å². The van der Waals surface area contributed by atoms with Gasteiger partial charge in [-0.1, -0.05) is 11.6 Å². The van der Waals surface area contributed by atoms with Gasteiger partial charge in [-0.25, -0.2) is 13.2 Å². The summed E-state index contributed by atoms with van der Waals surface area (Å²) in [5.41, 5.74) is -0.815. The predicted molar refractivity (Wildman–Crippen MR) is 54.1 cm³/mol. The molecule has 1 amide bonds. The highest BCUT2D eigenvalue weighted by Crippen LogP contribution is 2.36. The highest BCUT2D eigenvalue weighted by molar-refractivity contribution is 6.55. The van der Waals surface area contributed by atoms with E-state index in [1.54, 1.807) is 0 Å². The van der Waals surface area contributed by atoms with Crippen molar-refractivity contribution in [1.29, 1.82) is 0 Å². The number of halogens is 4. The molecule has 0 fully saturated rings. The van der Waals surface area contributed by atoms with Crippen LogP contribution in [0.25, 0.3) is 0 Å². The summed E-state index contributed by atoms with van der Waals surface area (Å²) in [7, 11) is 0. The van der Waals surface area contributed by atoms with E-state index in [9.17, 15) is 22.8 Å². The van der Waals surface area contributed by atoms with Gasteiger partial charge >= 0.3 is 0 Å². The first-order valence-corrected chi connectivity index (χ1v) is 4.93. The minimum atomic E-state index is -2.86. The molecule has 1 aliphatic rings. The number of nitrogens with zero attached hydrogens (tertiary/aromatic N) is 1. The lowest BCUT2D eigenvalue weighted by atomic mass is 10.1. The molecule has 0 unspecified atom stereocenters. The van der Waals surface area contributed by atoms with Crippen LogP contribution in [0.4, 0.5) is 18.9 Å². The Bertz CT molecular complexity index is 519. The largest absolute Gasteiger partial charge is 0.299 e. The third-order valence-electron chi connectivity index (χ3n) is 2.33. The Kier molecular flexibility index (Phi) is 2.82. The molecule has 1 aromatic rings. The highest BCUT2D eigenvalue weighted by Gasteiger charge is 2.40. The number of benzene rings is 1. The number of carbonyl (C=O) groups excluding carboxylic acids is 2. The molecule has 0 atom stereocenters. The van der Waals surface area contributed by atoms with Gasteiger partial charge in [0.15, 0.2) is 0 Å². The second kappa shape index (κ2) is 4.03. The number of amides is 1. The van der Waals surface area contributed by atoms with Crippen LogP contribution in [0, 0.1) is 5.82 Å². The maximum absolute atomic E-state index is 13.5. The lowest BCUT2D eigenvalue weighted by Gasteiger charge is -2.16. The van der Waals surface area contributed by atoms with Gasteiger partial charge < -0.3 is 0 Å². The molecule has 0 aliphatic carbocycles. The van der Waals surface area contributed by atoms with E-state index < -0.39 is 36.2 Å². The molecule has 0 radical (unpaired) electrons. The maximum Gasteiger partial charge on any atom is 0.299 e. The first-order chi connectivity index (χ1) is 7.93. The van der Waals surface area contributed by atoms with Gasteiger partial charge in [-0.15, -0.1) is 0 Å². The van der Waals surface area contributed by atoms with Gasteiger partial charge in [-0.2, -0.15) is 0 Å². The van der Waals surface area contributed by atoms with Crippen LogP contribution in [0.15, 0.2) is 12.1 Å². The summed E-state index contributed by atoms with van der Waals surface area (Å²) in [4.78, 5) is 23.3. The third kappa shape index (κ3) is 1.78. The first-order valence-electron chi connectivity index (χ1n) is 4.56. The number of hydrogen-bond acceptors (Lipinski definition) is 2. The molecule has 0 spiro atoms. The summed E-state index contributed by atoms with van der Waals surface area (Å²) in [6, 6.07) is 2.03. The van der Waals surface area contributed by atoms with E-state index in [1.807, 2.05) is 0 Å². The van der Waals surface area contributed by atoms with Crippen LogP contribution in [-0.4, -0.2) is 24.7 Å². The molecule has 1 heterocycles. The Balaban J connectivity index is 2.59. The minimum Gasteiger partial charge on any atom is -0.296 e. The van der Waals surface area contributed by atoms with E-state index in [-0.39, 0.29) is 10.6 Å². The van der Waals surface area contributed by atoms with Crippen LogP contribution in [0.3, 0.4) is 0 Å². The van der Waals surface area contributed by atoms with Gasteiger partial charge in [-0.3, -0.25) is 14.5 Å². The molecule has 17 heavy (non-hydrogen) atoms. The SMILES string of the molecule is O=C1C(=O)N(CC(F)F)c2c(F)ccc(Cl)c21. The Morgan fingerprint density at radius 2 is 1.94 bits per heavy atom. The van der Waals surface area contributed by atoms with Crippen LogP contribution in [0.1, 0.15) is 10.4 Å². The van der Waals surface area contributed by atoms with Crippen LogP contribution < -0.4 is 4.90 Å². The average molecular weight is 264 g/mol. The Morgan fingerprint density at radius 1 is 1.29 bits per heavy atom. The third-order valence-corrected chi connectivity index (χ3v) is 2.65. The second-order valence-corrected chi connectivity index (χ2v) is 3.80. The number of Topliss-reactive ketones (excluding diaryl/α,β-unsaturated/α-hetero) is 1. The summed E-state index contributed by atoms with van der Waals surface area (Å²) >= 11 is 5.65. The van der Waals surface area contributed by atoms with Crippen LogP contribution in [0.5, 0.6) is 0 Å². The summed E-state index contributed by atoms with van der Waals surface area (Å²) in [6.07, 6.45) is -2.86. The van der Waals surface area contributed by atoms with Crippen molar-refractivity contribution < 1.29 is 22.8 Å². The number of anilines is 1. The molecule has 7 heteroatoms. The summed E-state index contributed by atoms with van der Waals surface area (Å²) in [5, 5.41) is -0.128. The molecule has 1 aromatic carbocycles. The number of carbonyl (C=O) groups is 2. The van der Waals surface area contributed by atoms with E-state index >= 15 is 0 Å². The fraction of sp³-hybridized carbons (Fsp3) is 0.200. The van der Waals surface area contributed by atoms with E-state index in [0.717, 1.165) is 12.1 Å². The molecule has 1 aliphatic heterocycles. The molecule has 90 valence electrons. The molecule has 2 rings (SSSR count). The van der Waals surface area contributed by atoms with Crippen molar-refractivity contribution in [2.24, 2.45) is 0 Å². The van der Waals surface area contributed by atoms with Gasteiger partial charge in [0.1, 0.15) is 5.82 Å². The van der Waals surface area contributed by atoms with Gasteiger partial charge in [0.25, 0.3) is 18.1 Å². The molecular formula is C10H5ClF3NO2. The van der Waals surface area contributed by atoms with Gasteiger partial charge in [0.2, 0.25) is 0 Å². The Morgan fingerprint density at radius 3 is 2.53 bits per heavy atom. The molecule has 0 aromatic heterocycles. The fourth-order valence-corrected chi connectivity index (χ4v) is 1.90. The zero-order valence-electron chi connectivity index (χ0n) is 8.21. The molecule has 0 bridgehead atoms. The van der Waals surface area contributed by atoms with Gasteiger partial charge in [-0.05, 0) is 12.1 Å². The van der Waals surface area contributed by atoms with Crippen molar-refractivity contribution in [3.63, 3.8) is 0 Å². The number of hydrogen-bond donors (Lipinski definition) is 0. The average Bonchev–Trinajstić information content (AvgIpc) is 2.49. The summed E-state index contributed by atoms with van der Waals surface area (Å²) < 4.78 is 38.0. The molecule has 0 saturated heterocycles. The van der Waals surface area contributed by atoms with E-state index in [1.165, 1.54) is 0 Å². The predicted octanol–water partition coefficient (Wildman–Crippen LogP) is 2.27. The maximum atomic E-state index is 13.5. The fourth-order valence-electron chi connectivity index (χ4n) is 1.66. The van der Waals surface area contributed by atoms with Crippen LogP contribution >= 0.6 is 11.6 Å². The van der Waals surface area contributed by atoms with Crippen LogP contribution in [0.2, 0.25) is 5.02 Å². The van der Waals surface area contributed by atoms with E-state index in [4.69, 9.17) is 11.6 Å². The lowest BCUT2D eigenvalue weighted by Crippen LogP contribution is -2.34. The van der Waals surface area contributed by atoms with Gasteiger partial charge in [0.05, 0.1) is 22.8 Å². The van der Waals surface area contributed by atoms with Crippen molar-refractivity contribution in [3.8, 4) is 0 Å². The van der Waals surface area contributed by atoms with Crippen molar-refractivity contribution in [2.45, 2.75) is 6.43 Å². The monoisotopic (exact) mass is 263 g/mol. The Hall–Kier alpha value is -1.56. The smallest absolute Gasteiger partial charge is 0.296 e. The Labute approximate surface area is 98.8 Å². The van der Waals surface area contributed by atoms with E-state index in [2.05, 4.69) is 0 Å². The van der Waals surface area contributed by atoms with Crippen molar-refractivity contribution in [2.75, 3.05) is 11.4 Å². The molecule has 0 saturated carbocycles. The van der Waals surface area contributed by atoms with Crippen molar-refractivity contribution >= 4 is 29.0 Å².